The normalized spacial score (nSPS) is 11.2. The Morgan fingerprint density at radius 1 is 0.879 bits per heavy atom. The first-order valence-electron chi connectivity index (χ1n) is 10.4. The molecule has 0 bridgehead atoms. The minimum Gasteiger partial charge on any atom is -0.306 e. The van der Waals surface area contributed by atoms with Crippen LogP contribution < -0.4 is 10.0 Å². The smallest absolute Gasteiger partial charge is 0.261 e. The van der Waals surface area contributed by atoms with E-state index < -0.39 is 15.9 Å². The van der Waals surface area contributed by atoms with E-state index >= 15 is 0 Å². The summed E-state index contributed by atoms with van der Waals surface area (Å²) in [6, 6.07) is 22.6. The van der Waals surface area contributed by atoms with Crippen molar-refractivity contribution in [2.24, 2.45) is 0 Å². The fourth-order valence-corrected chi connectivity index (χ4v) is 4.66. The topological polar surface area (TPSA) is 93.1 Å². The number of rotatable bonds is 6. The number of sulfonamides is 1. The molecular formula is C25H24N4O3S. The fourth-order valence-electron chi connectivity index (χ4n) is 3.48. The summed E-state index contributed by atoms with van der Waals surface area (Å²) < 4.78 is 30.2. The van der Waals surface area contributed by atoms with Crippen LogP contribution in [0.5, 0.6) is 0 Å². The predicted molar refractivity (Wildman–Crippen MR) is 129 cm³/mol. The lowest BCUT2D eigenvalue weighted by Gasteiger charge is -2.12. The summed E-state index contributed by atoms with van der Waals surface area (Å²) in [5, 5.41) is 7.28. The average Bonchev–Trinajstić information content (AvgIpc) is 3.16. The molecule has 33 heavy (non-hydrogen) atoms. The van der Waals surface area contributed by atoms with Crippen molar-refractivity contribution in [3.05, 3.63) is 101 Å². The number of nitrogens with zero attached hydrogens (tertiary/aromatic N) is 2. The second kappa shape index (κ2) is 8.91. The van der Waals surface area contributed by atoms with E-state index in [1.54, 1.807) is 28.9 Å². The zero-order valence-corrected chi connectivity index (χ0v) is 19.3. The molecule has 0 unspecified atom stereocenters. The van der Waals surface area contributed by atoms with E-state index in [4.69, 9.17) is 0 Å². The SMILES string of the molecule is Cc1ccc(NS(=O)(=O)c2cccc(C(=O)Nc3cc(C)nn3-c3ccccc3)c2)c(C)c1. The number of aryl methyl sites for hydroxylation is 3. The van der Waals surface area contributed by atoms with E-state index in [1.807, 2.05) is 63.2 Å². The molecule has 0 aliphatic heterocycles. The lowest BCUT2D eigenvalue weighted by Crippen LogP contribution is -2.17. The van der Waals surface area contributed by atoms with Gasteiger partial charge in [-0.3, -0.25) is 9.52 Å². The molecule has 0 aliphatic rings. The maximum absolute atomic E-state index is 13.0. The molecule has 1 heterocycles. The minimum absolute atomic E-state index is 0.00266. The maximum Gasteiger partial charge on any atom is 0.261 e. The molecule has 4 rings (SSSR count). The molecule has 7 nitrogen and oxygen atoms in total. The van der Waals surface area contributed by atoms with Crippen molar-refractivity contribution in [1.82, 2.24) is 9.78 Å². The monoisotopic (exact) mass is 460 g/mol. The molecule has 0 radical (unpaired) electrons. The van der Waals surface area contributed by atoms with Crippen LogP contribution in [0.3, 0.4) is 0 Å². The van der Waals surface area contributed by atoms with Gasteiger partial charge in [-0.1, -0.05) is 42.0 Å². The summed E-state index contributed by atoms with van der Waals surface area (Å²) in [4.78, 5) is 13.0. The first-order chi connectivity index (χ1) is 15.7. The van der Waals surface area contributed by atoms with Gasteiger partial charge in [0.2, 0.25) is 0 Å². The molecule has 8 heteroatoms. The zero-order valence-electron chi connectivity index (χ0n) is 18.5. The Bertz CT molecular complexity index is 1430. The summed E-state index contributed by atoms with van der Waals surface area (Å²) in [6.07, 6.45) is 0. The third-order valence-electron chi connectivity index (χ3n) is 5.11. The molecule has 0 fully saturated rings. The number of aromatic nitrogens is 2. The molecule has 0 spiro atoms. The molecule has 1 aromatic heterocycles. The molecule has 0 aliphatic carbocycles. The highest BCUT2D eigenvalue weighted by Crippen LogP contribution is 2.22. The largest absolute Gasteiger partial charge is 0.306 e. The van der Waals surface area contributed by atoms with Crippen LogP contribution >= 0.6 is 0 Å². The third-order valence-corrected chi connectivity index (χ3v) is 6.47. The van der Waals surface area contributed by atoms with Gasteiger partial charge in [0.1, 0.15) is 5.82 Å². The molecule has 0 saturated heterocycles. The Morgan fingerprint density at radius 3 is 2.36 bits per heavy atom. The Kier molecular flexibility index (Phi) is 6.02. The first-order valence-corrected chi connectivity index (χ1v) is 11.8. The van der Waals surface area contributed by atoms with Crippen LogP contribution in [0.15, 0.2) is 83.8 Å². The summed E-state index contributed by atoms with van der Waals surface area (Å²) in [7, 11) is -3.87. The number of anilines is 2. The Morgan fingerprint density at radius 2 is 1.64 bits per heavy atom. The highest BCUT2D eigenvalue weighted by molar-refractivity contribution is 7.92. The van der Waals surface area contributed by atoms with Crippen molar-refractivity contribution in [3.8, 4) is 5.69 Å². The number of hydrogen-bond acceptors (Lipinski definition) is 4. The number of nitrogens with one attached hydrogen (secondary N) is 2. The van der Waals surface area contributed by atoms with E-state index in [2.05, 4.69) is 15.1 Å². The number of amides is 1. The van der Waals surface area contributed by atoms with E-state index in [-0.39, 0.29) is 10.5 Å². The number of carbonyl (C=O) groups is 1. The van der Waals surface area contributed by atoms with Crippen molar-refractivity contribution >= 4 is 27.4 Å². The number of hydrogen-bond donors (Lipinski definition) is 2. The van der Waals surface area contributed by atoms with Gasteiger partial charge in [0.15, 0.2) is 0 Å². The van der Waals surface area contributed by atoms with Gasteiger partial charge >= 0.3 is 0 Å². The molecule has 2 N–H and O–H groups in total. The van der Waals surface area contributed by atoms with Gasteiger partial charge < -0.3 is 5.32 Å². The number of benzene rings is 3. The predicted octanol–water partition coefficient (Wildman–Crippen LogP) is 4.85. The molecule has 1 amide bonds. The lowest BCUT2D eigenvalue weighted by molar-refractivity contribution is 0.102. The maximum atomic E-state index is 13.0. The van der Waals surface area contributed by atoms with Crippen molar-refractivity contribution in [3.63, 3.8) is 0 Å². The Labute approximate surface area is 193 Å². The van der Waals surface area contributed by atoms with Crippen molar-refractivity contribution in [2.75, 3.05) is 10.0 Å². The molecule has 0 saturated carbocycles. The first kappa shape index (κ1) is 22.3. The summed E-state index contributed by atoms with van der Waals surface area (Å²) >= 11 is 0. The van der Waals surface area contributed by atoms with Gasteiger partial charge in [-0.25, -0.2) is 13.1 Å². The summed E-state index contributed by atoms with van der Waals surface area (Å²) in [5.41, 5.74) is 4.11. The molecule has 4 aromatic rings. The van der Waals surface area contributed by atoms with Crippen molar-refractivity contribution in [1.29, 1.82) is 0 Å². The second-order valence-corrected chi connectivity index (χ2v) is 9.51. The van der Waals surface area contributed by atoms with Crippen LogP contribution in [-0.4, -0.2) is 24.1 Å². The average molecular weight is 461 g/mol. The third kappa shape index (κ3) is 4.96. The van der Waals surface area contributed by atoms with Crippen LogP contribution in [0.2, 0.25) is 0 Å². The van der Waals surface area contributed by atoms with Crippen LogP contribution in [0.4, 0.5) is 11.5 Å². The van der Waals surface area contributed by atoms with Crippen molar-refractivity contribution < 1.29 is 13.2 Å². The Balaban J connectivity index is 1.59. The zero-order chi connectivity index (χ0) is 23.6. The summed E-state index contributed by atoms with van der Waals surface area (Å²) in [5.74, 6) is 0.0565. The summed E-state index contributed by atoms with van der Waals surface area (Å²) in [6.45, 7) is 5.62. The van der Waals surface area contributed by atoms with Crippen LogP contribution in [0, 0.1) is 20.8 Å². The van der Waals surface area contributed by atoms with Gasteiger partial charge in [-0.05, 0) is 62.7 Å². The van der Waals surface area contributed by atoms with Gasteiger partial charge in [0.05, 0.1) is 22.0 Å². The highest BCUT2D eigenvalue weighted by atomic mass is 32.2. The lowest BCUT2D eigenvalue weighted by atomic mass is 10.1. The van der Waals surface area contributed by atoms with E-state index in [1.165, 1.54) is 12.1 Å². The second-order valence-electron chi connectivity index (χ2n) is 7.82. The molecule has 168 valence electrons. The fraction of sp³-hybridized carbons (Fsp3) is 0.120. The number of para-hydroxylation sites is 1. The van der Waals surface area contributed by atoms with Gasteiger partial charge in [-0.2, -0.15) is 5.10 Å². The minimum atomic E-state index is -3.87. The van der Waals surface area contributed by atoms with Gasteiger partial charge in [0.25, 0.3) is 15.9 Å². The van der Waals surface area contributed by atoms with Crippen LogP contribution in [0.25, 0.3) is 5.69 Å². The highest BCUT2D eigenvalue weighted by Gasteiger charge is 2.18. The quantitative estimate of drug-likeness (QED) is 0.430. The standard InChI is InChI=1S/C25H24N4O3S/c1-17-12-13-23(18(2)14-17)28-33(31,32)22-11-7-8-20(16-22)25(30)26-24-15-19(3)27-29(24)21-9-5-4-6-10-21/h4-16,28H,1-3H3,(H,26,30). The number of carbonyl (C=O) groups excluding carboxylic acids is 1. The van der Waals surface area contributed by atoms with E-state index in [0.29, 0.717) is 11.5 Å². The molecule has 3 aromatic carbocycles. The Hall–Kier alpha value is -3.91. The van der Waals surface area contributed by atoms with Crippen LogP contribution in [0.1, 0.15) is 27.2 Å². The van der Waals surface area contributed by atoms with Gasteiger partial charge in [0, 0.05) is 11.6 Å². The van der Waals surface area contributed by atoms with Crippen LogP contribution in [-0.2, 0) is 10.0 Å². The molecule has 0 atom stereocenters. The van der Waals surface area contributed by atoms with Gasteiger partial charge in [-0.15, -0.1) is 0 Å². The van der Waals surface area contributed by atoms with Crippen molar-refractivity contribution in [2.45, 2.75) is 25.7 Å². The molecular weight excluding hydrogens is 436 g/mol. The van der Waals surface area contributed by atoms with E-state index in [9.17, 15) is 13.2 Å². The van der Waals surface area contributed by atoms with E-state index in [0.717, 1.165) is 22.5 Å².